The van der Waals surface area contributed by atoms with E-state index in [1.165, 1.54) is 0 Å². The molecule has 0 unspecified atom stereocenters. The number of aromatic nitrogens is 4. The van der Waals surface area contributed by atoms with Gasteiger partial charge in [0.15, 0.2) is 17.0 Å². The van der Waals surface area contributed by atoms with E-state index in [-0.39, 0.29) is 30.4 Å². The van der Waals surface area contributed by atoms with Crippen LogP contribution in [0.2, 0.25) is 0 Å². The molecule has 0 amide bonds. The second-order valence-corrected chi connectivity index (χ2v) is 7.62. The number of hydrogen-bond donors (Lipinski definition) is 3. The number of allylic oxidation sites excluding steroid dienone is 1. The van der Waals surface area contributed by atoms with Crippen LogP contribution in [0.5, 0.6) is 0 Å². The van der Waals surface area contributed by atoms with Crippen LogP contribution < -0.4 is 10.6 Å². The lowest BCUT2D eigenvalue weighted by molar-refractivity contribution is 0.00446. The zero-order valence-corrected chi connectivity index (χ0v) is 14.5. The third-order valence-electron chi connectivity index (χ3n) is 5.34. The Morgan fingerprint density at radius 1 is 1.28 bits per heavy atom. The Morgan fingerprint density at radius 2 is 2.04 bits per heavy atom. The maximum atomic E-state index is 10.1. The Morgan fingerprint density at radius 3 is 2.68 bits per heavy atom. The molecule has 0 aromatic carbocycles. The summed E-state index contributed by atoms with van der Waals surface area (Å²) in [6.07, 6.45) is 6.70. The molecular formula is C17H24N6O2. The maximum Gasteiger partial charge on any atom is 0.224 e. The second-order valence-electron chi connectivity index (χ2n) is 7.62. The summed E-state index contributed by atoms with van der Waals surface area (Å²) in [4.78, 5) is 15.4. The summed E-state index contributed by atoms with van der Waals surface area (Å²) >= 11 is 0. The van der Waals surface area contributed by atoms with E-state index in [1.807, 2.05) is 24.5 Å². The van der Waals surface area contributed by atoms with E-state index in [1.54, 1.807) is 6.33 Å². The molecule has 0 radical (unpaired) electrons. The summed E-state index contributed by atoms with van der Waals surface area (Å²) in [5.74, 6) is 1.31. The van der Waals surface area contributed by atoms with Gasteiger partial charge in [0.25, 0.3) is 0 Å². The van der Waals surface area contributed by atoms with Gasteiger partial charge in [0, 0.05) is 31.5 Å². The minimum atomic E-state index is -0.707. The van der Waals surface area contributed by atoms with Crippen LogP contribution in [0.1, 0.15) is 26.3 Å². The lowest BCUT2D eigenvalue weighted by atomic mass is 9.84. The summed E-state index contributed by atoms with van der Waals surface area (Å²) in [6, 6.07) is 0.116. The predicted octanol–water partition coefficient (Wildman–Crippen LogP) is 0.725. The smallest absolute Gasteiger partial charge is 0.224 e. The molecule has 2 atom stereocenters. The number of nitrogens with two attached hydrogens (primary N) is 1. The van der Waals surface area contributed by atoms with Crippen LogP contribution in [-0.2, 0) is 0 Å². The molecule has 0 saturated carbocycles. The molecule has 2 aromatic heterocycles. The van der Waals surface area contributed by atoms with Crippen molar-refractivity contribution in [3.63, 3.8) is 0 Å². The molecule has 1 saturated heterocycles. The first-order valence-corrected chi connectivity index (χ1v) is 8.63. The van der Waals surface area contributed by atoms with Gasteiger partial charge in [-0.25, -0.2) is 4.98 Å². The highest BCUT2D eigenvalue weighted by Gasteiger charge is 2.39. The predicted molar refractivity (Wildman–Crippen MR) is 95.1 cm³/mol. The fraction of sp³-hybridized carbons (Fsp3) is 0.588. The van der Waals surface area contributed by atoms with E-state index in [0.717, 1.165) is 30.8 Å². The molecule has 4 N–H and O–H groups in total. The number of anilines is 2. The minimum Gasteiger partial charge on any atom is -0.396 e. The molecule has 2 aromatic rings. The third kappa shape index (κ3) is 2.75. The second kappa shape index (κ2) is 5.67. The Bertz CT molecular complexity index is 818. The van der Waals surface area contributed by atoms with Crippen molar-refractivity contribution in [2.75, 3.05) is 30.3 Å². The lowest BCUT2D eigenvalue weighted by Crippen LogP contribution is -2.56. The van der Waals surface area contributed by atoms with Gasteiger partial charge in [-0.1, -0.05) is 12.2 Å². The first-order chi connectivity index (χ1) is 11.9. The van der Waals surface area contributed by atoms with Crippen molar-refractivity contribution in [1.82, 2.24) is 19.5 Å². The molecule has 3 heterocycles. The summed E-state index contributed by atoms with van der Waals surface area (Å²) in [5.41, 5.74) is 6.67. The minimum absolute atomic E-state index is 0.116. The van der Waals surface area contributed by atoms with Gasteiger partial charge in [-0.15, -0.1) is 0 Å². The molecular weight excluding hydrogens is 320 g/mol. The van der Waals surface area contributed by atoms with Crippen LogP contribution >= 0.6 is 0 Å². The fourth-order valence-electron chi connectivity index (χ4n) is 3.57. The number of rotatable bonds is 4. The van der Waals surface area contributed by atoms with Gasteiger partial charge in [-0.3, -0.25) is 0 Å². The van der Waals surface area contributed by atoms with Crippen molar-refractivity contribution in [3.05, 3.63) is 18.5 Å². The van der Waals surface area contributed by atoms with Crippen LogP contribution in [0.4, 0.5) is 11.8 Å². The van der Waals surface area contributed by atoms with Crippen LogP contribution in [0.25, 0.3) is 11.2 Å². The standard InChI is InChI=1S/C17H24N6O2/c1-17(2,25)11-6-22(7-11)14-13-15(21-16(18)20-14)23(9-19-13)12-4-3-10(5-12)8-24/h3-4,9-12,24-25H,5-8H2,1-2H3,(H2,18,20,21)/t10-,12+/m1/s1. The fourth-order valence-corrected chi connectivity index (χ4v) is 3.57. The monoisotopic (exact) mass is 344 g/mol. The van der Waals surface area contributed by atoms with Crippen molar-refractivity contribution >= 4 is 22.9 Å². The molecule has 134 valence electrons. The number of fused-ring (bicyclic) bond motifs is 1. The topological polar surface area (TPSA) is 113 Å². The van der Waals surface area contributed by atoms with Crippen molar-refractivity contribution in [1.29, 1.82) is 0 Å². The Balaban J connectivity index is 1.65. The molecule has 0 spiro atoms. The maximum absolute atomic E-state index is 10.1. The number of aliphatic hydroxyl groups excluding tert-OH is 1. The molecule has 1 aliphatic heterocycles. The average molecular weight is 344 g/mol. The molecule has 2 aliphatic rings. The highest BCUT2D eigenvalue weighted by Crippen LogP contribution is 2.36. The summed E-state index contributed by atoms with van der Waals surface area (Å²) < 4.78 is 2.00. The van der Waals surface area contributed by atoms with Crippen LogP contribution in [0, 0.1) is 11.8 Å². The van der Waals surface area contributed by atoms with Gasteiger partial charge >= 0.3 is 0 Å². The zero-order valence-electron chi connectivity index (χ0n) is 14.5. The first-order valence-electron chi connectivity index (χ1n) is 8.63. The van der Waals surface area contributed by atoms with Crippen molar-refractivity contribution in [3.8, 4) is 0 Å². The Labute approximate surface area is 146 Å². The van der Waals surface area contributed by atoms with Crippen molar-refractivity contribution in [2.45, 2.75) is 31.9 Å². The van der Waals surface area contributed by atoms with Crippen LogP contribution in [0.15, 0.2) is 18.5 Å². The number of imidazole rings is 1. The molecule has 4 rings (SSSR count). The number of nitrogens with zero attached hydrogens (tertiary/aromatic N) is 5. The van der Waals surface area contributed by atoms with Crippen LogP contribution in [0.3, 0.4) is 0 Å². The van der Waals surface area contributed by atoms with Gasteiger partial charge in [0.05, 0.1) is 18.0 Å². The highest BCUT2D eigenvalue weighted by atomic mass is 16.3. The highest BCUT2D eigenvalue weighted by molar-refractivity contribution is 5.85. The van der Waals surface area contributed by atoms with Gasteiger partial charge < -0.3 is 25.4 Å². The van der Waals surface area contributed by atoms with Crippen molar-refractivity contribution < 1.29 is 10.2 Å². The summed E-state index contributed by atoms with van der Waals surface area (Å²) in [5, 5.41) is 19.5. The summed E-state index contributed by atoms with van der Waals surface area (Å²) in [7, 11) is 0. The Kier molecular flexibility index (Phi) is 3.69. The quantitative estimate of drug-likeness (QED) is 0.701. The lowest BCUT2D eigenvalue weighted by Gasteiger charge is -2.45. The largest absolute Gasteiger partial charge is 0.396 e. The SMILES string of the molecule is CC(C)(O)C1CN(c2nc(N)nc3c2ncn3[C@H]2C=C[C@@H](CO)C2)C1. The normalized spacial score (nSPS) is 24.2. The molecule has 25 heavy (non-hydrogen) atoms. The van der Waals surface area contributed by atoms with E-state index < -0.39 is 5.60 Å². The van der Waals surface area contributed by atoms with E-state index >= 15 is 0 Å². The van der Waals surface area contributed by atoms with Gasteiger partial charge in [-0.2, -0.15) is 9.97 Å². The molecule has 0 bridgehead atoms. The zero-order chi connectivity index (χ0) is 17.8. The van der Waals surface area contributed by atoms with Gasteiger partial charge in [-0.05, 0) is 20.3 Å². The van der Waals surface area contributed by atoms with E-state index in [2.05, 4.69) is 25.9 Å². The number of aliphatic hydroxyl groups is 2. The first kappa shape index (κ1) is 16.3. The molecule has 8 nitrogen and oxygen atoms in total. The molecule has 8 heteroatoms. The third-order valence-corrected chi connectivity index (χ3v) is 5.34. The van der Waals surface area contributed by atoms with Crippen LogP contribution in [-0.4, -0.2) is 55.0 Å². The number of hydrogen-bond acceptors (Lipinski definition) is 7. The molecule has 1 fully saturated rings. The van der Waals surface area contributed by atoms with Gasteiger partial charge in [0.1, 0.15) is 0 Å². The van der Waals surface area contributed by atoms with Crippen molar-refractivity contribution in [2.24, 2.45) is 11.8 Å². The number of nitrogen functional groups attached to an aromatic ring is 1. The molecule has 1 aliphatic carbocycles. The Hall–Kier alpha value is -2.19. The van der Waals surface area contributed by atoms with Gasteiger partial charge in [0.2, 0.25) is 5.95 Å². The van der Waals surface area contributed by atoms with E-state index in [9.17, 15) is 10.2 Å². The summed E-state index contributed by atoms with van der Waals surface area (Å²) in [6.45, 7) is 5.25. The van der Waals surface area contributed by atoms with E-state index in [0.29, 0.717) is 5.65 Å². The average Bonchev–Trinajstić information content (AvgIpc) is 3.09. The van der Waals surface area contributed by atoms with E-state index in [4.69, 9.17) is 5.73 Å².